The van der Waals surface area contributed by atoms with Crippen molar-refractivity contribution >= 4 is 96.5 Å². The number of benzene rings is 5. The lowest BCUT2D eigenvalue weighted by molar-refractivity contribution is 0.514. The molecule has 0 saturated heterocycles. The molecule has 1 aliphatic carbocycles. The number of halogens is 6. The van der Waals surface area contributed by atoms with E-state index in [9.17, 15) is 22.0 Å². The standard InChI is InChI=1S/C17H18FN5.C15H16FN5.C13H11ClFN5.2C13H12FN5.CH4/c18-17-21-15(19-10-12-6-2-1-3-7-12)14-16(22-17)23(11-20-14)13-8-4-5-9-13;1-10(2)21-9-18-12-13(19-15(16)20-14(12)21)17-8-11-6-4-3-5-7-11;1-20-7-17-10-11(18-13(15)19-12(10)20)16-6-8-4-2-3-5-9(8)14;2*1-19-8-16-10-11(17-13(14)18-12(10)19)15-7-9-5-3-2-4-6-9;/h1-3,6-7,11,13H,4-5,8-10H2,(H,19,21,22);3-7,9-10H,8H2,1-2H3,(H,17,19,20);2-5,7H,6H2,1H3,(H,16,18,19);2*2-6,8H,7H2,1H3,(H,15,17,18);1H4/i18-1;16-1;;14-1;;. The van der Waals surface area contributed by atoms with Crippen molar-refractivity contribution in [1.82, 2.24) is 97.6 Å². The van der Waals surface area contributed by atoms with Gasteiger partial charge < -0.3 is 49.4 Å². The summed E-state index contributed by atoms with van der Waals surface area (Å²) in [6.45, 7) is 6.67. The molecule has 5 N–H and O–H groups in total. The maximum atomic E-state index is 13.9. The van der Waals surface area contributed by atoms with Crippen molar-refractivity contribution in [3.63, 3.8) is 0 Å². The van der Waals surface area contributed by atoms with Crippen molar-refractivity contribution in [2.75, 3.05) is 26.6 Å². The molecule has 1 fully saturated rings. The molecule has 15 aromatic rings. The first-order chi connectivity index (χ1) is 49.6. The van der Waals surface area contributed by atoms with Crippen LogP contribution in [0.15, 0.2) is 177 Å². The van der Waals surface area contributed by atoms with E-state index >= 15 is 0 Å². The molecular weight excluding hydrogens is 1340 g/mol. The van der Waals surface area contributed by atoms with Gasteiger partial charge in [0.25, 0.3) is 0 Å². The number of nitrogens with one attached hydrogen (secondary N) is 5. The summed E-state index contributed by atoms with van der Waals surface area (Å²) in [6, 6.07) is 47.4. The van der Waals surface area contributed by atoms with E-state index in [0.717, 1.165) is 40.7 Å². The fourth-order valence-corrected chi connectivity index (χ4v) is 11.3. The van der Waals surface area contributed by atoms with E-state index in [1.165, 1.54) is 12.8 Å². The lowest BCUT2D eigenvalue weighted by atomic mass is 10.2. The summed E-state index contributed by atoms with van der Waals surface area (Å²) in [4.78, 5) is 59.3. The van der Waals surface area contributed by atoms with Crippen molar-refractivity contribution in [3.8, 4) is 0 Å². The smallest absolute Gasteiger partial charge is 0.312 e. The van der Waals surface area contributed by atoms with Gasteiger partial charge in [-0.15, -0.1) is 0 Å². The fourth-order valence-electron chi connectivity index (χ4n) is 11.1. The van der Waals surface area contributed by atoms with Gasteiger partial charge in [0.1, 0.15) is 0 Å². The van der Waals surface area contributed by atoms with E-state index in [1.807, 2.05) is 163 Å². The van der Waals surface area contributed by atoms with Crippen LogP contribution in [0.3, 0.4) is 0 Å². The summed E-state index contributed by atoms with van der Waals surface area (Å²) in [6.07, 6.45) is 9.02. The Bertz CT molecular complexity index is 5140. The molecule has 1 aliphatic rings. The number of fused-ring (bicyclic) bond motifs is 5. The minimum atomic E-state index is -0.789. The van der Waals surface area contributed by atoms with E-state index in [-0.39, 0.29) is 13.5 Å². The Morgan fingerprint density at radius 1 is 0.369 bits per heavy atom. The summed E-state index contributed by atoms with van der Waals surface area (Å²) in [5, 5.41) is 16.2. The molecule has 5 aromatic carbocycles. The topological polar surface area (TPSA) is 278 Å². The van der Waals surface area contributed by atoms with Crippen molar-refractivity contribution in [2.24, 2.45) is 21.1 Å². The zero-order chi connectivity index (χ0) is 71.1. The van der Waals surface area contributed by atoms with Gasteiger partial charge >= 0.3 is 30.4 Å². The van der Waals surface area contributed by atoms with Crippen molar-refractivity contribution in [2.45, 2.75) is 91.8 Å². The Balaban J connectivity index is 0.000000129. The van der Waals surface area contributed by atoms with Gasteiger partial charge in [0.05, 0.1) is 31.6 Å². The lowest BCUT2D eigenvalue weighted by Gasteiger charge is -2.12. The van der Waals surface area contributed by atoms with Crippen LogP contribution in [0.5, 0.6) is 0 Å². The van der Waals surface area contributed by atoms with Crippen LogP contribution in [0.4, 0.5) is 51.0 Å². The molecule has 0 aliphatic heterocycles. The molecule has 0 radical (unpaired) electrons. The van der Waals surface area contributed by atoms with E-state index < -0.39 is 30.4 Å². The van der Waals surface area contributed by atoms with Crippen LogP contribution in [-0.4, -0.2) is 97.6 Å². The highest BCUT2D eigenvalue weighted by atomic mass is 35.5. The number of imidazole rings is 5. The van der Waals surface area contributed by atoms with Gasteiger partial charge in [-0.3, -0.25) is 0 Å². The summed E-state index contributed by atoms with van der Waals surface area (Å²) in [5.74, 6) is 2.04. The van der Waals surface area contributed by atoms with Crippen LogP contribution in [0.25, 0.3) is 55.8 Å². The zero-order valence-corrected chi connectivity index (χ0v) is 56.7. The van der Waals surface area contributed by atoms with Gasteiger partial charge in [-0.05, 0) is 60.6 Å². The van der Waals surface area contributed by atoms with Gasteiger partial charge in [-0.25, -0.2) is 24.9 Å². The summed E-state index contributed by atoms with van der Waals surface area (Å²) in [5.41, 5.74) is 10.6. The molecule has 10 heterocycles. The minimum Gasteiger partial charge on any atom is -0.364 e. The van der Waals surface area contributed by atoms with Gasteiger partial charge in [-0.2, -0.15) is 71.8 Å². The highest BCUT2D eigenvalue weighted by Gasteiger charge is 2.23. The first-order valence-corrected chi connectivity index (χ1v) is 32.9. The number of aryl methyl sites for hydroxylation is 3. The van der Waals surface area contributed by atoms with Crippen molar-refractivity contribution in [3.05, 3.63) is 240 Å². The predicted octanol–water partition coefficient (Wildman–Crippen LogP) is 14.5. The van der Waals surface area contributed by atoms with E-state index in [4.69, 9.17) is 11.6 Å². The second-order valence-corrected chi connectivity index (χ2v) is 24.2. The molecule has 1 saturated carbocycles. The third kappa shape index (κ3) is 18.1. The van der Waals surface area contributed by atoms with Gasteiger partial charge in [0.15, 0.2) is 84.9 Å². The fraction of sp³-hybridized carbons (Fsp3) is 0.236. The van der Waals surface area contributed by atoms with Gasteiger partial charge in [0.2, 0.25) is 0 Å². The van der Waals surface area contributed by atoms with Crippen LogP contribution < -0.4 is 26.6 Å². The third-order valence-corrected chi connectivity index (χ3v) is 16.6. The van der Waals surface area contributed by atoms with Crippen LogP contribution in [-0.2, 0) is 53.9 Å². The van der Waals surface area contributed by atoms with E-state index in [0.29, 0.717) is 129 Å². The molecule has 0 unspecified atom stereocenters. The molecule has 0 amide bonds. The monoisotopic (exact) mass is 1410 g/mol. The second-order valence-electron chi connectivity index (χ2n) is 23.8. The number of rotatable bonds is 17. The Morgan fingerprint density at radius 3 is 1.02 bits per heavy atom. The van der Waals surface area contributed by atoms with Crippen molar-refractivity contribution in [1.29, 1.82) is 0 Å². The second kappa shape index (κ2) is 33.8. The molecule has 16 rings (SSSR count). The Hall–Kier alpha value is -12.2. The maximum Gasteiger partial charge on any atom is 0.312 e. The quantitative estimate of drug-likeness (QED) is 0.0418. The molecule has 10 aromatic heterocycles. The average molecular weight is 1420 g/mol. The Morgan fingerprint density at radius 2 is 0.660 bits per heavy atom. The number of aromatic nitrogens is 20. The van der Waals surface area contributed by atoms with Gasteiger partial charge in [-0.1, -0.05) is 171 Å². The first kappa shape index (κ1) is 72.1. The molecule has 0 atom stereocenters. The molecule has 25 nitrogen and oxygen atoms in total. The molecule has 103 heavy (non-hydrogen) atoms. The van der Waals surface area contributed by atoms with Crippen molar-refractivity contribution < 1.29 is 22.0 Å². The maximum absolute atomic E-state index is 13.9. The zero-order valence-electron chi connectivity index (χ0n) is 56.0. The van der Waals surface area contributed by atoms with Gasteiger partial charge in [0, 0.05) is 71.0 Å². The van der Waals surface area contributed by atoms with Crippen LogP contribution >= 0.6 is 11.6 Å². The first-order valence-electron chi connectivity index (χ1n) is 32.5. The number of hydrogen-bond donors (Lipinski definition) is 5. The molecule has 0 bridgehead atoms. The number of anilines is 5. The average Bonchev–Trinajstić information content (AvgIpc) is 1.70. The minimum absolute atomic E-state index is 0. The van der Waals surface area contributed by atoms with Crippen LogP contribution in [0.2, 0.25) is 5.02 Å². The highest BCUT2D eigenvalue weighted by Crippen LogP contribution is 2.33. The summed E-state index contributed by atoms with van der Waals surface area (Å²) in [7, 11) is 5.28. The van der Waals surface area contributed by atoms with Crippen LogP contribution in [0, 0.1) is 30.4 Å². The molecule has 0 spiro atoms. The molecule has 528 valence electrons. The molecular formula is C72H73ClF5N25. The largest absolute Gasteiger partial charge is 0.364 e. The van der Waals surface area contributed by atoms with Crippen LogP contribution in [0.1, 0.15) is 86.9 Å². The SMILES string of the molecule is C.CC(C)n1cnc2c(NCc3ccccc3)nc([18F])nc21.Cn1cnc2c(NCc3ccccc3)nc(F)nc21.Cn1cnc2c(NCc3ccccc3)nc([18F])nc21.Cn1cnc2c(NCc3ccccc3Cl)nc(F)nc21.[18F]c1nc(NCc2ccccc2)c2ncn(C3CCCC3)c2n1. The normalized spacial score (nSPS) is 11.8. The lowest BCUT2D eigenvalue weighted by Crippen LogP contribution is -2.07. The Kier molecular flexibility index (Phi) is 23.6. The molecule has 31 heteroatoms. The Labute approximate surface area is 593 Å². The third-order valence-electron chi connectivity index (χ3n) is 16.3. The summed E-state index contributed by atoms with van der Waals surface area (Å²) >= 11 is 6.08. The predicted molar refractivity (Wildman–Crippen MR) is 388 cm³/mol. The summed E-state index contributed by atoms with van der Waals surface area (Å²) < 4.78 is 76.5. The highest BCUT2D eigenvalue weighted by molar-refractivity contribution is 6.31. The van der Waals surface area contributed by atoms with E-state index in [1.54, 1.807) is 72.5 Å². The number of nitrogens with zero attached hydrogens (tertiary/aromatic N) is 20. The van der Waals surface area contributed by atoms with E-state index in [2.05, 4.69) is 101 Å². The number of hydrogen-bond acceptors (Lipinski definition) is 20.